The van der Waals surface area contributed by atoms with Crippen molar-refractivity contribution >= 4 is 49.9 Å². The Hall–Kier alpha value is -6.55. The Morgan fingerprint density at radius 2 is 1.20 bits per heavy atom. The van der Waals surface area contributed by atoms with Crippen LogP contribution in [0.15, 0.2) is 182 Å². The number of aryl methyl sites for hydroxylation is 2. The first kappa shape index (κ1) is 35.2. The fraction of sp³-hybridized carbons (Fsp3) is 0.0400. The second-order valence-electron chi connectivity index (χ2n) is 13.9. The van der Waals surface area contributed by atoms with Crippen LogP contribution in [0.25, 0.3) is 61.2 Å². The number of hydrogen-bond donors (Lipinski definition) is 0. The number of anilines is 3. The Kier molecular flexibility index (Phi) is 9.17. The van der Waals surface area contributed by atoms with Crippen LogP contribution in [0, 0.1) is 26.0 Å². The largest absolute Gasteiger partial charge is 0.358 e. The summed E-state index contributed by atoms with van der Waals surface area (Å²) in [6.07, 6.45) is 4.07. The van der Waals surface area contributed by atoms with Crippen molar-refractivity contribution in [2.45, 2.75) is 13.8 Å². The van der Waals surface area contributed by atoms with Gasteiger partial charge in [0, 0.05) is 56.3 Å². The first-order valence-electron chi connectivity index (χ1n) is 18.6. The fourth-order valence-electron chi connectivity index (χ4n) is 8.02. The molecule has 0 bridgehead atoms. The molecule has 272 valence electrons. The second kappa shape index (κ2) is 14.6. The molecule has 10 aromatic rings. The summed E-state index contributed by atoms with van der Waals surface area (Å²) in [6.45, 7) is 4.35. The molecule has 0 atom stereocenters. The van der Waals surface area contributed by atoms with E-state index >= 15 is 0 Å². The van der Waals surface area contributed by atoms with Gasteiger partial charge in [0.2, 0.25) is 0 Å². The van der Waals surface area contributed by atoms with E-state index in [2.05, 4.69) is 215 Å². The van der Waals surface area contributed by atoms with E-state index in [0.29, 0.717) is 0 Å². The summed E-state index contributed by atoms with van der Waals surface area (Å²) in [5.41, 5.74) is 14.0. The van der Waals surface area contributed by atoms with E-state index < -0.39 is 0 Å². The number of aromatic nitrogens is 4. The molecule has 5 nitrogen and oxygen atoms in total. The first-order chi connectivity index (χ1) is 27.1. The Morgan fingerprint density at radius 1 is 0.554 bits per heavy atom. The number of para-hydroxylation sites is 5. The van der Waals surface area contributed by atoms with Crippen molar-refractivity contribution in [3.63, 3.8) is 0 Å². The normalized spacial score (nSPS) is 11.2. The number of rotatable bonds is 7. The van der Waals surface area contributed by atoms with Crippen LogP contribution in [0.4, 0.5) is 17.1 Å². The molecule has 0 unspecified atom stereocenters. The number of hydrogen-bond acceptors (Lipinski definition) is 2. The second-order valence-corrected chi connectivity index (χ2v) is 13.9. The van der Waals surface area contributed by atoms with E-state index in [-0.39, 0.29) is 21.1 Å². The van der Waals surface area contributed by atoms with Crippen molar-refractivity contribution in [1.82, 2.24) is 18.7 Å². The molecular formula is C50H36N5Pt-. The van der Waals surface area contributed by atoms with Crippen molar-refractivity contribution in [1.29, 1.82) is 0 Å². The molecule has 0 aliphatic heterocycles. The van der Waals surface area contributed by atoms with Crippen molar-refractivity contribution in [3.05, 3.63) is 206 Å². The predicted molar refractivity (Wildman–Crippen MR) is 226 cm³/mol. The topological polar surface area (TPSA) is 30.9 Å². The average Bonchev–Trinajstić information content (AvgIpc) is 3.78. The van der Waals surface area contributed by atoms with E-state index in [1.165, 1.54) is 16.7 Å². The Morgan fingerprint density at radius 3 is 1.96 bits per heavy atom. The Labute approximate surface area is 340 Å². The van der Waals surface area contributed by atoms with E-state index in [9.17, 15) is 0 Å². The summed E-state index contributed by atoms with van der Waals surface area (Å²) in [5.74, 6) is 0.853. The van der Waals surface area contributed by atoms with Gasteiger partial charge in [-0.15, -0.1) is 29.7 Å². The molecule has 7 aromatic carbocycles. The van der Waals surface area contributed by atoms with Gasteiger partial charge in [0.25, 0.3) is 0 Å². The minimum atomic E-state index is 0. The summed E-state index contributed by atoms with van der Waals surface area (Å²) < 4.78 is 6.70. The average molecular weight is 902 g/mol. The summed E-state index contributed by atoms with van der Waals surface area (Å²) >= 11 is 0. The number of pyridine rings is 1. The van der Waals surface area contributed by atoms with Crippen LogP contribution in [0.3, 0.4) is 0 Å². The van der Waals surface area contributed by atoms with E-state index in [1.807, 2.05) is 12.3 Å². The van der Waals surface area contributed by atoms with Gasteiger partial charge in [-0.2, -0.15) is 16.7 Å². The molecule has 3 aromatic heterocycles. The third-order valence-corrected chi connectivity index (χ3v) is 10.5. The third-order valence-electron chi connectivity index (χ3n) is 10.5. The number of benzene rings is 7. The molecule has 0 radical (unpaired) electrons. The number of nitrogens with zero attached hydrogens (tertiary/aromatic N) is 5. The minimum Gasteiger partial charge on any atom is -0.358 e. The van der Waals surface area contributed by atoms with Gasteiger partial charge in [0.1, 0.15) is 11.5 Å². The molecule has 0 spiro atoms. The van der Waals surface area contributed by atoms with Crippen LogP contribution in [0.5, 0.6) is 0 Å². The molecule has 6 heteroatoms. The monoisotopic (exact) mass is 901 g/mol. The van der Waals surface area contributed by atoms with Gasteiger partial charge in [-0.1, -0.05) is 108 Å². The molecule has 0 amide bonds. The zero-order valence-corrected chi connectivity index (χ0v) is 33.1. The molecule has 56 heavy (non-hydrogen) atoms. The maximum atomic E-state index is 4.97. The summed E-state index contributed by atoms with van der Waals surface area (Å²) in [6, 6.07) is 67.2. The molecule has 0 N–H and O–H groups in total. The van der Waals surface area contributed by atoms with Crippen LogP contribution in [-0.4, -0.2) is 18.7 Å². The molecular weight excluding hydrogens is 866 g/mol. The van der Waals surface area contributed by atoms with Crippen molar-refractivity contribution in [3.8, 4) is 28.3 Å². The summed E-state index contributed by atoms with van der Waals surface area (Å²) in [7, 11) is 0. The maximum absolute atomic E-state index is 4.97. The predicted octanol–water partition coefficient (Wildman–Crippen LogP) is 12.5. The van der Waals surface area contributed by atoms with Gasteiger partial charge in [0.15, 0.2) is 17.4 Å². The Bertz CT molecular complexity index is 3000. The van der Waals surface area contributed by atoms with Crippen molar-refractivity contribution in [2.24, 2.45) is 0 Å². The van der Waals surface area contributed by atoms with Gasteiger partial charge in [-0.3, -0.25) is 0 Å². The molecule has 0 fully saturated rings. The smallest absolute Gasteiger partial charge is 0.168 e. The van der Waals surface area contributed by atoms with E-state index in [0.717, 1.165) is 72.7 Å². The Balaban J connectivity index is 0.00000410. The first-order valence-corrected chi connectivity index (χ1v) is 18.6. The molecule has 0 aliphatic carbocycles. The quantitative estimate of drug-likeness (QED) is 0.149. The summed E-state index contributed by atoms with van der Waals surface area (Å²) in [4.78, 5) is 7.21. The standard InChI is InChI=1S/C50H36N5.Pt/c1-35-15-13-16-36(2)50(35)37-29-30-51-49(31-37)55-45-24-10-9-23-43(45)44-28-27-42(33-48(44)55)54(39-19-7-4-8-20-39)41-22-14-21-40(32-41)53-34-52(38-17-5-3-6-18-38)46-25-11-12-26-47(46)53;/h3-31,34H,1-2H3;/q-1;. The minimum absolute atomic E-state index is 0. The molecule has 10 rings (SSSR count). The van der Waals surface area contributed by atoms with Crippen LogP contribution in [0.1, 0.15) is 11.1 Å². The molecule has 0 saturated heterocycles. The molecule has 0 saturated carbocycles. The summed E-state index contributed by atoms with van der Waals surface area (Å²) in [5, 5.41) is 2.28. The number of fused-ring (bicyclic) bond motifs is 4. The van der Waals surface area contributed by atoms with Gasteiger partial charge in [-0.25, -0.2) is 9.55 Å². The fourth-order valence-corrected chi connectivity index (χ4v) is 8.02. The van der Waals surface area contributed by atoms with Gasteiger partial charge < -0.3 is 9.47 Å². The third kappa shape index (κ3) is 6.02. The van der Waals surface area contributed by atoms with Gasteiger partial charge in [-0.05, 0) is 84.0 Å². The molecule has 3 heterocycles. The van der Waals surface area contributed by atoms with Gasteiger partial charge >= 0.3 is 0 Å². The van der Waals surface area contributed by atoms with Gasteiger partial charge in [0.05, 0.1) is 0 Å². The number of imidazole rings is 1. The van der Waals surface area contributed by atoms with E-state index in [4.69, 9.17) is 4.98 Å². The van der Waals surface area contributed by atoms with Crippen LogP contribution >= 0.6 is 0 Å². The van der Waals surface area contributed by atoms with Crippen LogP contribution in [-0.2, 0) is 21.1 Å². The van der Waals surface area contributed by atoms with Crippen molar-refractivity contribution < 1.29 is 21.1 Å². The molecule has 0 aliphatic rings. The zero-order valence-electron chi connectivity index (χ0n) is 30.9. The zero-order chi connectivity index (χ0) is 36.9. The van der Waals surface area contributed by atoms with Crippen molar-refractivity contribution in [2.75, 3.05) is 4.90 Å². The van der Waals surface area contributed by atoms with Crippen LogP contribution in [0.2, 0.25) is 0 Å². The maximum Gasteiger partial charge on any atom is 0.168 e. The van der Waals surface area contributed by atoms with E-state index in [1.54, 1.807) is 0 Å². The SMILES string of the molecule is Cc1cccc(C)c1-c1ccnc(-n2c3[c-]c(N(c4[c-]c(-n5[cH+]n(-c6ccccc6)c6ccccc65)ccc4)c4ccccc4)ccc3c3ccccc32)c1.[Pt]. The van der Waals surface area contributed by atoms with Crippen LogP contribution < -0.4 is 4.90 Å².